The molecule has 2 unspecified atom stereocenters. The van der Waals surface area contributed by atoms with Crippen molar-refractivity contribution in [1.82, 2.24) is 5.32 Å². The van der Waals surface area contributed by atoms with Crippen LogP contribution in [0.25, 0.3) is 0 Å². The lowest BCUT2D eigenvalue weighted by Gasteiger charge is -2.17. The van der Waals surface area contributed by atoms with Crippen molar-refractivity contribution in [3.63, 3.8) is 0 Å². The van der Waals surface area contributed by atoms with Crippen LogP contribution in [0.2, 0.25) is 0 Å². The fraction of sp³-hybridized carbons (Fsp3) is 0.429. The van der Waals surface area contributed by atoms with Crippen LogP contribution in [0.4, 0.5) is 0 Å². The number of hydrogen-bond donors (Lipinski definition) is 2. The van der Waals surface area contributed by atoms with Crippen LogP contribution in [-0.4, -0.2) is 36.2 Å². The fourth-order valence-electron chi connectivity index (χ4n) is 2.18. The topological polar surface area (TPSA) is 75.6 Å². The molecule has 1 amide bonds. The molecule has 5 nitrogen and oxygen atoms in total. The van der Waals surface area contributed by atoms with Gasteiger partial charge in [0.25, 0.3) is 5.91 Å². The molecular formula is C14H17NO4. The summed E-state index contributed by atoms with van der Waals surface area (Å²) >= 11 is 0. The van der Waals surface area contributed by atoms with E-state index < -0.39 is 17.9 Å². The highest BCUT2D eigenvalue weighted by molar-refractivity contribution is 5.96. The van der Waals surface area contributed by atoms with E-state index in [0.717, 1.165) is 11.1 Å². The van der Waals surface area contributed by atoms with Gasteiger partial charge in [0, 0.05) is 5.56 Å². The number of benzene rings is 1. The van der Waals surface area contributed by atoms with E-state index in [9.17, 15) is 9.59 Å². The lowest BCUT2D eigenvalue weighted by molar-refractivity contribution is -0.142. The summed E-state index contributed by atoms with van der Waals surface area (Å²) < 4.78 is 5.13. The van der Waals surface area contributed by atoms with Gasteiger partial charge in [0.05, 0.1) is 19.3 Å². The summed E-state index contributed by atoms with van der Waals surface area (Å²) in [5.41, 5.74) is 2.52. The van der Waals surface area contributed by atoms with Crippen molar-refractivity contribution in [3.8, 4) is 0 Å². The van der Waals surface area contributed by atoms with Crippen LogP contribution in [0.3, 0.4) is 0 Å². The normalized spacial score (nSPS) is 22.2. The first-order valence-electron chi connectivity index (χ1n) is 6.18. The van der Waals surface area contributed by atoms with Crippen molar-refractivity contribution in [1.29, 1.82) is 0 Å². The molecule has 1 heterocycles. The van der Waals surface area contributed by atoms with Crippen LogP contribution >= 0.6 is 0 Å². The molecule has 0 spiro atoms. The average Bonchev–Trinajstić information content (AvgIpc) is 2.80. The van der Waals surface area contributed by atoms with Crippen LogP contribution in [0.5, 0.6) is 0 Å². The van der Waals surface area contributed by atoms with Gasteiger partial charge in [0.15, 0.2) is 0 Å². The Hall–Kier alpha value is -1.88. The first kappa shape index (κ1) is 13.5. The molecule has 0 bridgehead atoms. The molecule has 2 atom stereocenters. The number of carboxylic acids is 1. The van der Waals surface area contributed by atoms with E-state index in [0.29, 0.717) is 5.56 Å². The summed E-state index contributed by atoms with van der Waals surface area (Å²) in [5.74, 6) is -1.86. The largest absolute Gasteiger partial charge is 0.481 e. The van der Waals surface area contributed by atoms with Crippen LogP contribution in [0.1, 0.15) is 21.5 Å². The highest BCUT2D eigenvalue weighted by Crippen LogP contribution is 2.17. The predicted molar refractivity (Wildman–Crippen MR) is 69.1 cm³/mol. The molecule has 1 aliphatic heterocycles. The number of aryl methyl sites for hydroxylation is 1. The number of ether oxygens (including phenoxy) is 1. The molecule has 0 saturated carbocycles. The summed E-state index contributed by atoms with van der Waals surface area (Å²) in [4.78, 5) is 23.2. The maximum absolute atomic E-state index is 12.2. The van der Waals surface area contributed by atoms with Crippen molar-refractivity contribution in [2.45, 2.75) is 19.9 Å². The second kappa shape index (κ2) is 5.40. The minimum absolute atomic E-state index is 0.146. The van der Waals surface area contributed by atoms with Crippen LogP contribution < -0.4 is 5.32 Å². The number of amides is 1. The van der Waals surface area contributed by atoms with Crippen LogP contribution in [-0.2, 0) is 9.53 Å². The molecule has 0 aliphatic carbocycles. The maximum Gasteiger partial charge on any atom is 0.311 e. The number of carbonyl (C=O) groups is 2. The van der Waals surface area contributed by atoms with Gasteiger partial charge in [-0.15, -0.1) is 0 Å². The third kappa shape index (κ3) is 2.76. The minimum Gasteiger partial charge on any atom is -0.481 e. The zero-order chi connectivity index (χ0) is 14.0. The third-order valence-electron chi connectivity index (χ3n) is 3.56. The first-order valence-corrected chi connectivity index (χ1v) is 6.18. The van der Waals surface area contributed by atoms with Crippen molar-refractivity contribution in [2.75, 3.05) is 13.2 Å². The van der Waals surface area contributed by atoms with Gasteiger partial charge >= 0.3 is 5.97 Å². The monoisotopic (exact) mass is 263 g/mol. The molecule has 102 valence electrons. The lowest BCUT2D eigenvalue weighted by atomic mass is 10.0. The Balaban J connectivity index is 2.13. The summed E-state index contributed by atoms with van der Waals surface area (Å²) in [6.45, 7) is 4.20. The smallest absolute Gasteiger partial charge is 0.311 e. The van der Waals surface area contributed by atoms with E-state index in [-0.39, 0.29) is 19.1 Å². The zero-order valence-electron chi connectivity index (χ0n) is 11.0. The van der Waals surface area contributed by atoms with E-state index in [1.54, 1.807) is 6.07 Å². The van der Waals surface area contributed by atoms with Gasteiger partial charge in [-0.25, -0.2) is 0 Å². The minimum atomic E-state index is -0.941. The maximum atomic E-state index is 12.2. The number of nitrogens with one attached hydrogen (secondary N) is 1. The highest BCUT2D eigenvalue weighted by Gasteiger charge is 2.35. The van der Waals surface area contributed by atoms with Gasteiger partial charge in [0.1, 0.15) is 5.92 Å². The highest BCUT2D eigenvalue weighted by atomic mass is 16.5. The SMILES string of the molecule is Cc1cccc(C(=O)NC2COCC2C(=O)O)c1C. The van der Waals surface area contributed by atoms with Crippen molar-refractivity contribution >= 4 is 11.9 Å². The van der Waals surface area contributed by atoms with E-state index >= 15 is 0 Å². The molecule has 5 heteroatoms. The molecule has 0 aromatic heterocycles. The van der Waals surface area contributed by atoms with Crippen molar-refractivity contribution in [3.05, 3.63) is 34.9 Å². The Kier molecular flexibility index (Phi) is 3.85. The molecule has 0 radical (unpaired) electrons. The third-order valence-corrected chi connectivity index (χ3v) is 3.56. The van der Waals surface area contributed by atoms with Crippen molar-refractivity contribution in [2.24, 2.45) is 5.92 Å². The average molecular weight is 263 g/mol. The molecule has 1 fully saturated rings. The van der Waals surface area contributed by atoms with E-state index in [2.05, 4.69) is 5.32 Å². The number of hydrogen-bond acceptors (Lipinski definition) is 3. The summed E-state index contributed by atoms with van der Waals surface area (Å²) in [5, 5.41) is 11.8. The van der Waals surface area contributed by atoms with E-state index in [4.69, 9.17) is 9.84 Å². The van der Waals surface area contributed by atoms with Crippen LogP contribution in [0.15, 0.2) is 18.2 Å². The van der Waals surface area contributed by atoms with Gasteiger partial charge in [-0.2, -0.15) is 0 Å². The van der Waals surface area contributed by atoms with Crippen molar-refractivity contribution < 1.29 is 19.4 Å². The summed E-state index contributed by atoms with van der Waals surface area (Å²) in [6.07, 6.45) is 0. The number of aliphatic carboxylic acids is 1. The predicted octanol–water partition coefficient (Wildman–Crippen LogP) is 1.13. The molecule has 1 aromatic rings. The summed E-state index contributed by atoms with van der Waals surface area (Å²) in [6, 6.07) is 5.02. The Morgan fingerprint density at radius 2 is 2.05 bits per heavy atom. The standard InChI is InChI=1S/C14H17NO4/c1-8-4-3-5-10(9(8)2)13(16)15-12-7-19-6-11(12)14(17)18/h3-5,11-12H,6-7H2,1-2H3,(H,15,16)(H,17,18). The van der Waals surface area contributed by atoms with E-state index in [1.807, 2.05) is 26.0 Å². The molecule has 2 rings (SSSR count). The van der Waals surface area contributed by atoms with Crippen LogP contribution in [0, 0.1) is 19.8 Å². The Morgan fingerprint density at radius 3 is 2.74 bits per heavy atom. The first-order chi connectivity index (χ1) is 9.00. The quantitative estimate of drug-likeness (QED) is 0.857. The van der Waals surface area contributed by atoms with Gasteiger partial charge in [-0.3, -0.25) is 9.59 Å². The van der Waals surface area contributed by atoms with Gasteiger partial charge in [0.2, 0.25) is 0 Å². The van der Waals surface area contributed by atoms with Gasteiger partial charge in [-0.05, 0) is 31.0 Å². The van der Waals surface area contributed by atoms with Gasteiger partial charge in [-0.1, -0.05) is 12.1 Å². The Bertz CT molecular complexity index is 512. The molecule has 2 N–H and O–H groups in total. The summed E-state index contributed by atoms with van der Waals surface area (Å²) in [7, 11) is 0. The van der Waals surface area contributed by atoms with Gasteiger partial charge < -0.3 is 15.2 Å². The molecule has 1 aliphatic rings. The lowest BCUT2D eigenvalue weighted by Crippen LogP contribution is -2.42. The Morgan fingerprint density at radius 1 is 1.32 bits per heavy atom. The molecule has 1 saturated heterocycles. The molecule has 19 heavy (non-hydrogen) atoms. The second-order valence-corrected chi connectivity index (χ2v) is 4.81. The zero-order valence-corrected chi connectivity index (χ0v) is 11.0. The fourth-order valence-corrected chi connectivity index (χ4v) is 2.18. The molecule has 1 aromatic carbocycles. The number of rotatable bonds is 3. The Labute approximate surface area is 111 Å². The number of carboxylic acid groups (broad SMARTS) is 1. The second-order valence-electron chi connectivity index (χ2n) is 4.81. The number of carbonyl (C=O) groups excluding carboxylic acids is 1. The molecular weight excluding hydrogens is 246 g/mol. The van der Waals surface area contributed by atoms with E-state index in [1.165, 1.54) is 0 Å².